The Morgan fingerprint density at radius 3 is 2.82 bits per heavy atom. The first-order chi connectivity index (χ1) is 8.16. The molecule has 0 unspecified atom stereocenters. The number of para-hydroxylation sites is 1. The molecule has 0 saturated carbocycles. The number of ether oxygens (including phenoxy) is 2. The van der Waals surface area contributed by atoms with Crippen LogP contribution >= 0.6 is 0 Å². The topological polar surface area (TPSA) is 87.6 Å². The van der Waals surface area contributed by atoms with Gasteiger partial charge in [-0.1, -0.05) is 12.1 Å². The number of nitrogens with two attached hydrogens (primary N) is 1. The van der Waals surface area contributed by atoms with Gasteiger partial charge in [0.25, 0.3) is 5.69 Å². The number of nitrogens with zero attached hydrogens (tertiary/aromatic N) is 1. The van der Waals surface area contributed by atoms with Crippen LogP contribution in [-0.4, -0.2) is 25.2 Å². The summed E-state index contributed by atoms with van der Waals surface area (Å²) >= 11 is 0. The van der Waals surface area contributed by atoms with Crippen LogP contribution in [0.3, 0.4) is 0 Å². The normalized spacial score (nSPS) is 10.4. The summed E-state index contributed by atoms with van der Waals surface area (Å²) in [6.45, 7) is 1.44. The van der Waals surface area contributed by atoms with E-state index in [0.717, 1.165) is 6.42 Å². The van der Waals surface area contributed by atoms with E-state index >= 15 is 0 Å². The van der Waals surface area contributed by atoms with Gasteiger partial charge >= 0.3 is 0 Å². The number of hydrogen-bond acceptors (Lipinski definition) is 5. The van der Waals surface area contributed by atoms with Crippen molar-refractivity contribution in [2.24, 2.45) is 0 Å². The second-order valence-corrected chi connectivity index (χ2v) is 3.51. The number of benzene rings is 1. The number of anilines is 1. The molecule has 0 bridgehead atoms. The van der Waals surface area contributed by atoms with E-state index in [1.807, 2.05) is 0 Å². The van der Waals surface area contributed by atoms with Crippen LogP contribution in [0, 0.1) is 10.1 Å². The fourth-order valence-corrected chi connectivity index (χ4v) is 1.37. The molecular formula is C11H16N2O4. The highest BCUT2D eigenvalue weighted by atomic mass is 16.6. The van der Waals surface area contributed by atoms with Crippen molar-refractivity contribution < 1.29 is 14.4 Å². The van der Waals surface area contributed by atoms with Gasteiger partial charge < -0.3 is 15.2 Å². The predicted octanol–water partition coefficient (Wildman–Crippen LogP) is 1.73. The van der Waals surface area contributed by atoms with Crippen LogP contribution in [0.5, 0.6) is 0 Å². The molecule has 0 atom stereocenters. The second kappa shape index (κ2) is 6.82. The van der Waals surface area contributed by atoms with Gasteiger partial charge in [-0.15, -0.1) is 0 Å². The van der Waals surface area contributed by atoms with E-state index < -0.39 is 4.92 Å². The van der Waals surface area contributed by atoms with Crippen molar-refractivity contribution in [3.05, 3.63) is 33.9 Å². The molecule has 6 heteroatoms. The number of methoxy groups -OCH3 is 1. The molecule has 0 amide bonds. The zero-order valence-corrected chi connectivity index (χ0v) is 9.72. The summed E-state index contributed by atoms with van der Waals surface area (Å²) in [6.07, 6.45) is 0.783. The van der Waals surface area contributed by atoms with Gasteiger partial charge in [0.05, 0.1) is 11.5 Å². The van der Waals surface area contributed by atoms with E-state index in [1.165, 1.54) is 6.07 Å². The number of nitro benzene ring substituents is 1. The molecule has 0 saturated heterocycles. The molecule has 0 fully saturated rings. The molecule has 2 N–H and O–H groups in total. The molecule has 6 nitrogen and oxygen atoms in total. The molecule has 0 spiro atoms. The minimum absolute atomic E-state index is 0.0806. The second-order valence-electron chi connectivity index (χ2n) is 3.51. The van der Waals surface area contributed by atoms with Crippen LogP contribution in [0.4, 0.5) is 11.4 Å². The largest absolute Gasteiger partial charge is 0.393 e. The van der Waals surface area contributed by atoms with Crippen LogP contribution in [-0.2, 0) is 16.1 Å². The Bertz CT molecular complexity index is 382. The highest BCUT2D eigenvalue weighted by Crippen LogP contribution is 2.25. The lowest BCUT2D eigenvalue weighted by atomic mass is 10.1. The first kappa shape index (κ1) is 13.4. The van der Waals surface area contributed by atoms with Crippen molar-refractivity contribution in [3.8, 4) is 0 Å². The SMILES string of the molecule is COCCCOCc1cccc([N+](=O)[O-])c1N. The maximum atomic E-state index is 10.7. The summed E-state index contributed by atoms with van der Waals surface area (Å²) in [5, 5.41) is 10.7. The first-order valence-electron chi connectivity index (χ1n) is 5.25. The molecule has 0 aliphatic heterocycles. The van der Waals surface area contributed by atoms with Gasteiger partial charge in [0.15, 0.2) is 0 Å². The van der Waals surface area contributed by atoms with Crippen molar-refractivity contribution in [3.63, 3.8) is 0 Å². The Morgan fingerprint density at radius 1 is 1.41 bits per heavy atom. The van der Waals surface area contributed by atoms with Crippen molar-refractivity contribution in [2.45, 2.75) is 13.0 Å². The third-order valence-electron chi connectivity index (χ3n) is 2.26. The molecule has 0 aromatic heterocycles. The van der Waals surface area contributed by atoms with Crippen LogP contribution in [0.25, 0.3) is 0 Å². The maximum absolute atomic E-state index is 10.7. The van der Waals surface area contributed by atoms with Gasteiger partial charge in [-0.25, -0.2) is 0 Å². The Kier molecular flexibility index (Phi) is 5.38. The fraction of sp³-hybridized carbons (Fsp3) is 0.455. The van der Waals surface area contributed by atoms with Crippen molar-refractivity contribution in [1.82, 2.24) is 0 Å². The summed E-state index contributed by atoms with van der Waals surface area (Å²) in [4.78, 5) is 10.2. The zero-order chi connectivity index (χ0) is 12.7. The Hall–Kier alpha value is -1.66. The predicted molar refractivity (Wildman–Crippen MR) is 63.7 cm³/mol. The van der Waals surface area contributed by atoms with Gasteiger partial charge in [-0.2, -0.15) is 0 Å². The van der Waals surface area contributed by atoms with Crippen LogP contribution in [0.15, 0.2) is 18.2 Å². The van der Waals surface area contributed by atoms with Gasteiger partial charge in [0, 0.05) is 32.0 Å². The molecule has 1 aromatic carbocycles. The minimum Gasteiger partial charge on any atom is -0.393 e. The average Bonchev–Trinajstić information content (AvgIpc) is 2.30. The van der Waals surface area contributed by atoms with Gasteiger partial charge in [-0.3, -0.25) is 10.1 Å². The summed E-state index contributed by atoms with van der Waals surface area (Å²) in [5.74, 6) is 0. The Morgan fingerprint density at radius 2 is 2.18 bits per heavy atom. The number of rotatable bonds is 7. The van der Waals surface area contributed by atoms with Crippen LogP contribution in [0.1, 0.15) is 12.0 Å². The summed E-state index contributed by atoms with van der Waals surface area (Å²) < 4.78 is 10.2. The van der Waals surface area contributed by atoms with Gasteiger partial charge in [0.1, 0.15) is 5.69 Å². The van der Waals surface area contributed by atoms with Crippen LogP contribution < -0.4 is 5.73 Å². The Balaban J connectivity index is 2.54. The van der Waals surface area contributed by atoms with E-state index in [-0.39, 0.29) is 18.0 Å². The molecular weight excluding hydrogens is 224 g/mol. The van der Waals surface area contributed by atoms with Crippen molar-refractivity contribution >= 4 is 11.4 Å². The number of nitrogen functional groups attached to an aromatic ring is 1. The monoisotopic (exact) mass is 240 g/mol. The van der Waals surface area contributed by atoms with E-state index in [4.69, 9.17) is 15.2 Å². The number of hydrogen-bond donors (Lipinski definition) is 1. The summed E-state index contributed by atoms with van der Waals surface area (Å²) in [7, 11) is 1.62. The zero-order valence-electron chi connectivity index (χ0n) is 9.72. The van der Waals surface area contributed by atoms with E-state index in [9.17, 15) is 10.1 Å². The molecule has 17 heavy (non-hydrogen) atoms. The quantitative estimate of drug-likeness (QED) is 0.339. The van der Waals surface area contributed by atoms with Crippen molar-refractivity contribution in [2.75, 3.05) is 26.1 Å². The molecule has 0 radical (unpaired) electrons. The lowest BCUT2D eigenvalue weighted by Crippen LogP contribution is -2.04. The molecule has 0 heterocycles. The van der Waals surface area contributed by atoms with Crippen molar-refractivity contribution in [1.29, 1.82) is 0 Å². The smallest absolute Gasteiger partial charge is 0.292 e. The molecule has 0 aliphatic carbocycles. The fourth-order valence-electron chi connectivity index (χ4n) is 1.37. The summed E-state index contributed by atoms with van der Waals surface area (Å²) in [6, 6.07) is 4.70. The molecule has 1 rings (SSSR count). The minimum atomic E-state index is -0.496. The van der Waals surface area contributed by atoms with E-state index in [2.05, 4.69) is 0 Å². The van der Waals surface area contributed by atoms with E-state index in [0.29, 0.717) is 18.8 Å². The molecule has 94 valence electrons. The molecule has 0 aliphatic rings. The lowest BCUT2D eigenvalue weighted by Gasteiger charge is -2.07. The highest BCUT2D eigenvalue weighted by Gasteiger charge is 2.13. The standard InChI is InChI=1S/C11H16N2O4/c1-16-6-3-7-17-8-9-4-2-5-10(11(9)12)13(14)15/h2,4-5H,3,6-8,12H2,1H3. The Labute approximate surface area is 99.5 Å². The van der Waals surface area contributed by atoms with Crippen LogP contribution in [0.2, 0.25) is 0 Å². The lowest BCUT2D eigenvalue weighted by molar-refractivity contribution is -0.384. The first-order valence-corrected chi connectivity index (χ1v) is 5.25. The summed E-state index contributed by atoms with van der Waals surface area (Å²) in [5.41, 5.74) is 6.40. The van der Waals surface area contributed by atoms with E-state index in [1.54, 1.807) is 19.2 Å². The van der Waals surface area contributed by atoms with Gasteiger partial charge in [0.2, 0.25) is 0 Å². The number of nitro groups is 1. The average molecular weight is 240 g/mol. The maximum Gasteiger partial charge on any atom is 0.292 e. The third kappa shape index (κ3) is 4.01. The third-order valence-corrected chi connectivity index (χ3v) is 2.26. The van der Waals surface area contributed by atoms with Gasteiger partial charge in [-0.05, 0) is 6.42 Å². The highest BCUT2D eigenvalue weighted by molar-refractivity contribution is 5.62. The molecule has 1 aromatic rings.